The average molecular weight is 388 g/mol. The van der Waals surface area contributed by atoms with Crippen molar-refractivity contribution in [2.75, 3.05) is 19.6 Å². The van der Waals surface area contributed by atoms with Crippen molar-refractivity contribution in [1.29, 1.82) is 0 Å². The fourth-order valence-corrected chi connectivity index (χ4v) is 4.92. The summed E-state index contributed by atoms with van der Waals surface area (Å²) < 4.78 is 3.23. The highest BCUT2D eigenvalue weighted by molar-refractivity contribution is 7.16. The quantitative estimate of drug-likeness (QED) is 0.701. The van der Waals surface area contributed by atoms with Crippen LogP contribution in [0, 0.1) is 0 Å². The number of rotatable bonds is 6. The van der Waals surface area contributed by atoms with E-state index >= 15 is 0 Å². The van der Waals surface area contributed by atoms with E-state index in [-0.39, 0.29) is 18.0 Å². The van der Waals surface area contributed by atoms with Gasteiger partial charge in [-0.05, 0) is 43.4 Å². The number of thiophene rings is 1. The Morgan fingerprint density at radius 2 is 2.26 bits per heavy atom. The number of carbonyl (C=O) groups is 1. The fourth-order valence-electron chi connectivity index (χ4n) is 4.00. The lowest BCUT2D eigenvalue weighted by Gasteiger charge is -2.22. The molecule has 1 atom stereocenters. The predicted octanol–water partition coefficient (Wildman–Crippen LogP) is 1.87. The van der Waals surface area contributed by atoms with Crippen LogP contribution in [0.15, 0.2) is 22.3 Å². The molecular formula is C19H25N5O2S. The summed E-state index contributed by atoms with van der Waals surface area (Å²) in [4.78, 5) is 28.7. The molecule has 0 bridgehead atoms. The molecule has 144 valence electrons. The van der Waals surface area contributed by atoms with Gasteiger partial charge in [0.1, 0.15) is 22.7 Å². The van der Waals surface area contributed by atoms with Gasteiger partial charge in [-0.1, -0.05) is 13.8 Å². The maximum Gasteiger partial charge on any atom is 0.291 e. The molecular weight excluding hydrogens is 362 g/mol. The summed E-state index contributed by atoms with van der Waals surface area (Å²) >= 11 is 1.60. The van der Waals surface area contributed by atoms with E-state index in [1.165, 1.54) is 11.1 Å². The molecule has 1 aliphatic heterocycles. The van der Waals surface area contributed by atoms with Crippen molar-refractivity contribution >= 4 is 33.0 Å². The molecule has 0 aromatic carbocycles. The molecule has 3 aromatic rings. The molecule has 1 unspecified atom stereocenters. The lowest BCUT2D eigenvalue weighted by molar-refractivity contribution is -0.122. The van der Waals surface area contributed by atoms with Crippen LogP contribution in [0.1, 0.15) is 32.5 Å². The molecule has 3 aromatic heterocycles. The maximum absolute atomic E-state index is 12.9. The molecule has 1 aliphatic rings. The van der Waals surface area contributed by atoms with Crippen LogP contribution in [-0.4, -0.2) is 50.7 Å². The molecule has 8 heteroatoms. The SMILES string of the molecule is CCc1nn(CC(=O)NCC2CCCN2CC)c(=O)c2cc3ccsc3n12. The predicted molar refractivity (Wildman–Crippen MR) is 107 cm³/mol. The number of aryl methyl sites for hydroxylation is 1. The van der Waals surface area contributed by atoms with E-state index in [1.54, 1.807) is 11.3 Å². The Balaban J connectivity index is 1.55. The number of hydrogen-bond donors (Lipinski definition) is 1. The number of fused-ring (bicyclic) bond motifs is 3. The van der Waals surface area contributed by atoms with Gasteiger partial charge in [0.25, 0.3) is 5.56 Å². The van der Waals surface area contributed by atoms with Crippen LogP contribution in [0.2, 0.25) is 0 Å². The van der Waals surface area contributed by atoms with Crippen molar-refractivity contribution in [2.24, 2.45) is 0 Å². The number of nitrogens with one attached hydrogen (secondary N) is 1. The molecule has 0 saturated carbocycles. The normalized spacial score (nSPS) is 17.9. The second-order valence-corrected chi connectivity index (χ2v) is 7.90. The zero-order chi connectivity index (χ0) is 19.0. The Bertz CT molecular complexity index is 1030. The molecule has 1 amide bonds. The van der Waals surface area contributed by atoms with Crippen LogP contribution in [-0.2, 0) is 17.8 Å². The standard InChI is InChI=1S/C19H25N5O2S/c1-3-16-21-23(12-17(25)20-11-14-6-5-8-22(14)4-2)18(26)15-10-13-7-9-27-19(13)24(15)16/h7,9-10,14H,3-6,8,11-12H2,1-2H3,(H,20,25). The van der Waals surface area contributed by atoms with Crippen molar-refractivity contribution < 1.29 is 4.79 Å². The van der Waals surface area contributed by atoms with E-state index in [0.717, 1.165) is 35.6 Å². The van der Waals surface area contributed by atoms with Gasteiger partial charge < -0.3 is 5.32 Å². The lowest BCUT2D eigenvalue weighted by atomic mass is 10.2. The molecule has 27 heavy (non-hydrogen) atoms. The van der Waals surface area contributed by atoms with E-state index in [4.69, 9.17) is 0 Å². The van der Waals surface area contributed by atoms with Crippen LogP contribution in [0.5, 0.6) is 0 Å². The summed E-state index contributed by atoms with van der Waals surface area (Å²) in [5.41, 5.74) is 0.367. The number of likely N-dealkylation sites (tertiary alicyclic amines) is 1. The first kappa shape index (κ1) is 18.2. The minimum atomic E-state index is -0.221. The summed E-state index contributed by atoms with van der Waals surface area (Å²) in [5, 5.41) is 10.5. The maximum atomic E-state index is 12.9. The molecule has 0 radical (unpaired) electrons. The largest absolute Gasteiger partial charge is 0.353 e. The number of amides is 1. The number of carbonyl (C=O) groups excluding carboxylic acids is 1. The van der Waals surface area contributed by atoms with E-state index in [1.807, 2.05) is 28.8 Å². The number of nitrogens with zero attached hydrogens (tertiary/aromatic N) is 4. The van der Waals surface area contributed by atoms with Crippen molar-refractivity contribution in [1.82, 2.24) is 24.4 Å². The van der Waals surface area contributed by atoms with Crippen LogP contribution in [0.4, 0.5) is 0 Å². The molecule has 7 nitrogen and oxygen atoms in total. The number of likely N-dealkylation sites (N-methyl/N-ethyl adjacent to an activating group) is 1. The van der Waals surface area contributed by atoms with E-state index in [2.05, 4.69) is 22.2 Å². The second-order valence-electron chi connectivity index (χ2n) is 7.01. The zero-order valence-electron chi connectivity index (χ0n) is 15.8. The van der Waals surface area contributed by atoms with Gasteiger partial charge in [-0.25, -0.2) is 4.68 Å². The van der Waals surface area contributed by atoms with Gasteiger partial charge in [-0.15, -0.1) is 11.3 Å². The Hall–Kier alpha value is -2.19. The van der Waals surface area contributed by atoms with E-state index in [0.29, 0.717) is 24.5 Å². The lowest BCUT2D eigenvalue weighted by Crippen LogP contribution is -2.42. The first-order chi connectivity index (χ1) is 13.1. The Morgan fingerprint density at radius 1 is 1.41 bits per heavy atom. The van der Waals surface area contributed by atoms with Gasteiger partial charge in [0.2, 0.25) is 5.91 Å². The monoisotopic (exact) mass is 387 g/mol. The number of aromatic nitrogens is 3. The molecule has 0 spiro atoms. The van der Waals surface area contributed by atoms with Gasteiger partial charge in [0, 0.05) is 24.4 Å². The van der Waals surface area contributed by atoms with Crippen LogP contribution >= 0.6 is 11.3 Å². The summed E-state index contributed by atoms with van der Waals surface area (Å²) in [7, 11) is 0. The molecule has 1 N–H and O–H groups in total. The first-order valence-corrected chi connectivity index (χ1v) is 10.5. The van der Waals surface area contributed by atoms with Crippen LogP contribution in [0.3, 0.4) is 0 Å². The summed E-state index contributed by atoms with van der Waals surface area (Å²) in [6.45, 7) is 6.84. The van der Waals surface area contributed by atoms with Crippen LogP contribution in [0.25, 0.3) is 15.7 Å². The first-order valence-electron chi connectivity index (χ1n) is 9.61. The molecule has 1 saturated heterocycles. The third-order valence-corrected chi connectivity index (χ3v) is 6.32. The molecule has 4 rings (SSSR count). The van der Waals surface area contributed by atoms with Gasteiger partial charge in [0.05, 0.1) is 0 Å². The summed E-state index contributed by atoms with van der Waals surface area (Å²) in [6, 6.07) is 4.29. The van der Waals surface area contributed by atoms with Gasteiger partial charge >= 0.3 is 0 Å². The fraction of sp³-hybridized carbons (Fsp3) is 0.526. The van der Waals surface area contributed by atoms with E-state index in [9.17, 15) is 9.59 Å². The van der Waals surface area contributed by atoms with Crippen molar-refractivity contribution in [2.45, 2.75) is 45.7 Å². The minimum Gasteiger partial charge on any atom is -0.353 e. The van der Waals surface area contributed by atoms with Gasteiger partial charge in [-0.2, -0.15) is 5.10 Å². The smallest absolute Gasteiger partial charge is 0.291 e. The van der Waals surface area contributed by atoms with Gasteiger partial charge in [0.15, 0.2) is 0 Å². The van der Waals surface area contributed by atoms with Crippen molar-refractivity contribution in [3.8, 4) is 0 Å². The third-order valence-electron chi connectivity index (χ3n) is 5.41. The van der Waals surface area contributed by atoms with Gasteiger partial charge in [-0.3, -0.25) is 18.9 Å². The third kappa shape index (κ3) is 3.27. The Morgan fingerprint density at radius 3 is 3.04 bits per heavy atom. The average Bonchev–Trinajstić information content (AvgIpc) is 3.37. The van der Waals surface area contributed by atoms with Crippen LogP contribution < -0.4 is 10.9 Å². The highest BCUT2D eigenvalue weighted by Crippen LogP contribution is 2.24. The van der Waals surface area contributed by atoms with E-state index < -0.39 is 0 Å². The summed E-state index contributed by atoms with van der Waals surface area (Å²) in [6.07, 6.45) is 2.98. The molecule has 4 heterocycles. The minimum absolute atomic E-state index is 0.0417. The summed E-state index contributed by atoms with van der Waals surface area (Å²) in [5.74, 6) is 0.634. The zero-order valence-corrected chi connectivity index (χ0v) is 16.6. The number of hydrogen-bond acceptors (Lipinski definition) is 5. The Labute approximate surface area is 161 Å². The van der Waals surface area contributed by atoms with Crippen molar-refractivity contribution in [3.63, 3.8) is 0 Å². The second kappa shape index (κ2) is 7.44. The molecule has 0 aliphatic carbocycles. The van der Waals surface area contributed by atoms with Crippen molar-refractivity contribution in [3.05, 3.63) is 33.7 Å². The Kier molecular flexibility index (Phi) is 5.01. The highest BCUT2D eigenvalue weighted by atomic mass is 32.1. The highest BCUT2D eigenvalue weighted by Gasteiger charge is 2.23. The molecule has 1 fully saturated rings. The topological polar surface area (TPSA) is 71.6 Å².